The van der Waals surface area contributed by atoms with Crippen molar-refractivity contribution in [2.45, 2.75) is 43.9 Å². The molecule has 0 amide bonds. The first-order valence-corrected chi connectivity index (χ1v) is 8.80. The van der Waals surface area contributed by atoms with Gasteiger partial charge >= 0.3 is 5.54 Å². The van der Waals surface area contributed by atoms with E-state index in [0.717, 1.165) is 5.56 Å². The minimum Gasteiger partial charge on any atom is -0.291 e. The molecule has 2 aromatic rings. The van der Waals surface area contributed by atoms with Gasteiger partial charge in [0.05, 0.1) is 5.69 Å². The molecule has 0 spiro atoms. The molecule has 6 nitrogen and oxygen atoms in total. The summed E-state index contributed by atoms with van der Waals surface area (Å²) in [7, 11) is 0. The van der Waals surface area contributed by atoms with Crippen LogP contribution in [0.15, 0.2) is 54.6 Å². The van der Waals surface area contributed by atoms with Crippen molar-refractivity contribution in [1.29, 1.82) is 0 Å². The van der Waals surface area contributed by atoms with Crippen LogP contribution in [0.25, 0.3) is 0 Å². The maximum absolute atomic E-state index is 12.9. The third-order valence-electron chi connectivity index (χ3n) is 5.41. The topological polar surface area (TPSA) is 72.7 Å². The fourth-order valence-electron chi connectivity index (χ4n) is 4.13. The van der Waals surface area contributed by atoms with Crippen molar-refractivity contribution < 1.29 is 14.6 Å². The van der Waals surface area contributed by atoms with E-state index in [1.54, 1.807) is 5.06 Å². The average Bonchev–Trinajstić information content (AvgIpc) is 3.00. The number of nitro groups is 1. The Hall–Kier alpha value is -2.73. The number of hydrogen-bond donors (Lipinski definition) is 0. The van der Waals surface area contributed by atoms with E-state index in [2.05, 4.69) is 0 Å². The molecule has 2 fully saturated rings. The molecule has 1 saturated carbocycles. The van der Waals surface area contributed by atoms with E-state index in [-0.39, 0.29) is 12.2 Å². The number of nitrogens with zero attached hydrogens (tertiary/aromatic N) is 2. The number of rotatable bonds is 3. The third-order valence-corrected chi connectivity index (χ3v) is 5.41. The number of ketones is 1. The second-order valence-electron chi connectivity index (χ2n) is 6.97. The van der Waals surface area contributed by atoms with Crippen molar-refractivity contribution in [1.82, 2.24) is 0 Å². The molecule has 1 heterocycles. The lowest BCUT2D eigenvalue weighted by Gasteiger charge is -2.32. The summed E-state index contributed by atoms with van der Waals surface area (Å²) in [6.45, 7) is 1.98. The fraction of sp³-hybridized carbons (Fsp3) is 0.350. The molecule has 26 heavy (non-hydrogen) atoms. The largest absolute Gasteiger partial charge is 0.333 e. The molecule has 1 saturated heterocycles. The van der Waals surface area contributed by atoms with Crippen LogP contribution in [-0.2, 0) is 9.63 Å². The van der Waals surface area contributed by atoms with Crippen molar-refractivity contribution in [3.63, 3.8) is 0 Å². The summed E-state index contributed by atoms with van der Waals surface area (Å²) in [5.74, 6) is -0.345. The number of Topliss-reactive ketones (excluding diaryl/α,β-unsaturated/α-hetero) is 1. The van der Waals surface area contributed by atoms with Crippen molar-refractivity contribution in [2.75, 3.05) is 5.06 Å². The molecule has 4 rings (SSSR count). The molecule has 0 radical (unpaired) electrons. The van der Waals surface area contributed by atoms with Gasteiger partial charge in [-0.05, 0) is 37.5 Å². The van der Waals surface area contributed by atoms with Crippen LogP contribution >= 0.6 is 0 Å². The van der Waals surface area contributed by atoms with Gasteiger partial charge in [-0.2, -0.15) is 0 Å². The molecule has 2 aliphatic rings. The molecular weight excluding hydrogens is 332 g/mol. The second-order valence-corrected chi connectivity index (χ2v) is 6.97. The normalized spacial score (nSPS) is 28.0. The van der Waals surface area contributed by atoms with Crippen LogP contribution in [0.3, 0.4) is 0 Å². The van der Waals surface area contributed by atoms with Crippen molar-refractivity contribution in [2.24, 2.45) is 0 Å². The Balaban J connectivity index is 1.91. The van der Waals surface area contributed by atoms with Crippen LogP contribution in [0.5, 0.6) is 0 Å². The zero-order valence-electron chi connectivity index (χ0n) is 14.5. The van der Waals surface area contributed by atoms with Gasteiger partial charge in [0, 0.05) is 11.3 Å². The molecule has 2 aromatic carbocycles. The minimum absolute atomic E-state index is 0.214. The van der Waals surface area contributed by atoms with Crippen molar-refractivity contribution in [3.8, 4) is 0 Å². The van der Waals surface area contributed by atoms with Crippen LogP contribution in [0.4, 0.5) is 5.69 Å². The molecule has 0 bridgehead atoms. The number of aryl methyl sites for hydroxylation is 1. The number of benzene rings is 2. The van der Waals surface area contributed by atoms with Gasteiger partial charge in [-0.15, -0.1) is 0 Å². The van der Waals surface area contributed by atoms with Gasteiger partial charge in [0.1, 0.15) is 0 Å². The number of carbonyl (C=O) groups excluding carboxylic acids is 1. The molecule has 0 unspecified atom stereocenters. The molecule has 0 aromatic heterocycles. The third kappa shape index (κ3) is 2.33. The summed E-state index contributed by atoms with van der Waals surface area (Å²) >= 11 is 0. The van der Waals surface area contributed by atoms with Gasteiger partial charge in [0.15, 0.2) is 12.1 Å². The SMILES string of the molecule is Cc1ccc(N2O[C@H]3CCCC(=O)[C@]3([N+](=O)[O-])[C@@H]2c2ccccc2)cc1. The van der Waals surface area contributed by atoms with Crippen LogP contribution < -0.4 is 5.06 Å². The van der Waals surface area contributed by atoms with Crippen LogP contribution in [0.1, 0.15) is 36.4 Å². The zero-order chi connectivity index (χ0) is 18.3. The lowest BCUT2D eigenvalue weighted by atomic mass is 9.72. The van der Waals surface area contributed by atoms with Gasteiger partial charge in [-0.3, -0.25) is 19.7 Å². The van der Waals surface area contributed by atoms with E-state index < -0.39 is 22.6 Å². The van der Waals surface area contributed by atoms with Gasteiger partial charge in [0.25, 0.3) is 0 Å². The van der Waals surface area contributed by atoms with E-state index in [9.17, 15) is 14.9 Å². The van der Waals surface area contributed by atoms with E-state index in [1.807, 2.05) is 61.5 Å². The second kappa shape index (κ2) is 6.21. The highest BCUT2D eigenvalue weighted by atomic mass is 16.7. The smallest absolute Gasteiger partial charge is 0.291 e. The Morgan fingerprint density at radius 3 is 2.50 bits per heavy atom. The Bertz CT molecular complexity index is 837. The Kier molecular flexibility index (Phi) is 4.00. The maximum Gasteiger partial charge on any atom is 0.333 e. The maximum atomic E-state index is 12.9. The van der Waals surface area contributed by atoms with E-state index in [1.165, 1.54) is 0 Å². The minimum atomic E-state index is -1.77. The first-order chi connectivity index (χ1) is 12.5. The van der Waals surface area contributed by atoms with Gasteiger partial charge in [0.2, 0.25) is 5.78 Å². The van der Waals surface area contributed by atoms with Crippen molar-refractivity contribution in [3.05, 3.63) is 75.8 Å². The Morgan fingerprint density at radius 2 is 1.85 bits per heavy atom. The Labute approximate surface area is 151 Å². The van der Waals surface area contributed by atoms with Gasteiger partial charge in [-0.1, -0.05) is 48.0 Å². The van der Waals surface area contributed by atoms with Crippen LogP contribution in [0, 0.1) is 17.0 Å². The van der Waals surface area contributed by atoms with Gasteiger partial charge < -0.3 is 0 Å². The number of anilines is 1. The lowest BCUT2D eigenvalue weighted by Crippen LogP contribution is -2.58. The number of fused-ring (bicyclic) bond motifs is 1. The predicted molar refractivity (Wildman–Crippen MR) is 96.3 cm³/mol. The summed E-state index contributed by atoms with van der Waals surface area (Å²) in [4.78, 5) is 30.8. The van der Waals surface area contributed by atoms with E-state index in [4.69, 9.17) is 4.84 Å². The van der Waals surface area contributed by atoms with Crippen LogP contribution in [0.2, 0.25) is 0 Å². The molecule has 134 valence electrons. The molecule has 1 aliphatic carbocycles. The molecule has 1 aliphatic heterocycles. The van der Waals surface area contributed by atoms with Crippen molar-refractivity contribution >= 4 is 11.5 Å². The first kappa shape index (κ1) is 16.7. The van der Waals surface area contributed by atoms with Gasteiger partial charge in [-0.25, -0.2) is 5.06 Å². The predicted octanol–water partition coefficient (Wildman–Crippen LogP) is 3.63. The summed E-state index contributed by atoms with van der Waals surface area (Å²) in [6.07, 6.45) is 0.567. The molecule has 3 atom stereocenters. The zero-order valence-corrected chi connectivity index (χ0v) is 14.5. The highest BCUT2D eigenvalue weighted by Crippen LogP contribution is 2.51. The molecular formula is C20H20N2O4. The fourth-order valence-corrected chi connectivity index (χ4v) is 4.13. The summed E-state index contributed by atoms with van der Waals surface area (Å²) in [6, 6.07) is 16.0. The highest BCUT2D eigenvalue weighted by molar-refractivity contribution is 5.91. The lowest BCUT2D eigenvalue weighted by molar-refractivity contribution is -0.561. The summed E-state index contributed by atoms with van der Waals surface area (Å²) in [5.41, 5.74) is 0.738. The molecule has 6 heteroatoms. The summed E-state index contributed by atoms with van der Waals surface area (Å²) in [5, 5.41) is 13.8. The summed E-state index contributed by atoms with van der Waals surface area (Å²) < 4.78 is 0. The Morgan fingerprint density at radius 1 is 1.15 bits per heavy atom. The average molecular weight is 352 g/mol. The quantitative estimate of drug-likeness (QED) is 0.623. The van der Waals surface area contributed by atoms with E-state index >= 15 is 0 Å². The standard InChI is InChI=1S/C20H20N2O4/c1-14-10-12-16(13-11-14)21-19(15-6-3-2-4-7-15)20(22(24)25)17(23)8-5-9-18(20)26-21/h2-4,6-7,10-13,18-19H,5,8-9H2,1H3/t18-,19-,20+/m0/s1. The van der Waals surface area contributed by atoms with E-state index in [0.29, 0.717) is 24.1 Å². The molecule has 0 N–H and O–H groups in total. The highest BCUT2D eigenvalue weighted by Gasteiger charge is 2.71. The number of carbonyl (C=O) groups is 1. The first-order valence-electron chi connectivity index (χ1n) is 8.80. The monoisotopic (exact) mass is 352 g/mol. The number of hydroxylamine groups is 1. The number of hydrogen-bond acceptors (Lipinski definition) is 5. The van der Waals surface area contributed by atoms with Crippen LogP contribution in [-0.4, -0.2) is 22.3 Å².